The van der Waals surface area contributed by atoms with Gasteiger partial charge >= 0.3 is 0 Å². The fraction of sp³-hybridized carbons (Fsp3) is 0.462. The highest BCUT2D eigenvalue weighted by atomic mass is 79.9. The monoisotopic (exact) mass is 395 g/mol. The van der Waals surface area contributed by atoms with Crippen LogP contribution < -0.4 is 5.32 Å². The van der Waals surface area contributed by atoms with Crippen LogP contribution in [0, 0.1) is 5.92 Å². The minimum Gasteiger partial charge on any atom is -0.352 e. The molecule has 2 nitrogen and oxygen atoms in total. The zero-order valence-electron chi connectivity index (χ0n) is 10.2. The van der Waals surface area contributed by atoms with Crippen LogP contribution in [0.5, 0.6) is 0 Å². The van der Waals surface area contributed by atoms with Crippen LogP contribution in [0.3, 0.4) is 0 Å². The van der Waals surface area contributed by atoms with Crippen LogP contribution in [0.4, 0.5) is 0 Å². The van der Waals surface area contributed by atoms with Crippen molar-refractivity contribution in [3.8, 4) is 0 Å². The number of nitrogens with one attached hydrogen (secondary N) is 1. The van der Waals surface area contributed by atoms with E-state index in [2.05, 4.69) is 44.1 Å². The highest BCUT2D eigenvalue weighted by molar-refractivity contribution is 9.10. The Balaban J connectivity index is 2.41. The third kappa shape index (κ3) is 5.29. The van der Waals surface area contributed by atoms with Gasteiger partial charge in [-0.25, -0.2) is 0 Å². The highest BCUT2D eigenvalue weighted by Crippen LogP contribution is 2.21. The molecule has 1 rings (SSSR count). The zero-order chi connectivity index (χ0) is 13.5. The Labute approximate surface area is 130 Å². The average Bonchev–Trinajstić information content (AvgIpc) is 2.34. The van der Waals surface area contributed by atoms with E-state index in [1.807, 2.05) is 0 Å². The maximum atomic E-state index is 11.9. The van der Waals surface area contributed by atoms with Gasteiger partial charge in [-0.15, -0.1) is 0 Å². The van der Waals surface area contributed by atoms with Crippen LogP contribution in [0.25, 0.3) is 0 Å². The molecule has 1 aromatic rings. The SMILES string of the molecule is CC(CBr)CCCNC(=O)c1ccc(Cl)cc1Br. The minimum absolute atomic E-state index is 0.0648. The first kappa shape index (κ1) is 16.0. The van der Waals surface area contributed by atoms with Gasteiger partial charge in [-0.3, -0.25) is 4.79 Å². The first-order valence-electron chi connectivity index (χ1n) is 5.83. The van der Waals surface area contributed by atoms with Gasteiger partial charge in [0.1, 0.15) is 0 Å². The van der Waals surface area contributed by atoms with Gasteiger partial charge in [-0.05, 0) is 52.9 Å². The predicted octanol–water partition coefficient (Wildman–Crippen LogP) is 4.64. The van der Waals surface area contributed by atoms with Crippen molar-refractivity contribution >= 4 is 49.4 Å². The molecule has 0 radical (unpaired) electrons. The van der Waals surface area contributed by atoms with Crippen molar-refractivity contribution in [2.24, 2.45) is 5.92 Å². The molecule has 0 aliphatic rings. The van der Waals surface area contributed by atoms with Crippen LogP contribution in [-0.4, -0.2) is 17.8 Å². The third-order valence-electron chi connectivity index (χ3n) is 2.60. The van der Waals surface area contributed by atoms with Crippen molar-refractivity contribution in [3.63, 3.8) is 0 Å². The van der Waals surface area contributed by atoms with E-state index >= 15 is 0 Å². The molecule has 1 unspecified atom stereocenters. The van der Waals surface area contributed by atoms with Gasteiger partial charge in [0, 0.05) is 21.4 Å². The van der Waals surface area contributed by atoms with E-state index in [0.717, 1.165) is 22.6 Å². The summed E-state index contributed by atoms with van der Waals surface area (Å²) in [6.07, 6.45) is 2.09. The van der Waals surface area contributed by atoms with E-state index in [-0.39, 0.29) is 5.91 Å². The summed E-state index contributed by atoms with van der Waals surface area (Å²) in [6.45, 7) is 2.89. The van der Waals surface area contributed by atoms with Gasteiger partial charge in [-0.2, -0.15) is 0 Å². The number of carbonyl (C=O) groups excluding carboxylic acids is 1. The number of carbonyl (C=O) groups is 1. The minimum atomic E-state index is -0.0648. The second kappa shape index (κ2) is 8.18. The van der Waals surface area contributed by atoms with Crippen LogP contribution in [0.15, 0.2) is 22.7 Å². The lowest BCUT2D eigenvalue weighted by molar-refractivity contribution is 0.0952. The molecule has 0 bridgehead atoms. The molecule has 1 atom stereocenters. The Hall–Kier alpha value is -0.0600. The van der Waals surface area contributed by atoms with Crippen molar-refractivity contribution in [3.05, 3.63) is 33.3 Å². The second-order valence-electron chi connectivity index (χ2n) is 4.28. The Morgan fingerprint density at radius 3 is 2.83 bits per heavy atom. The molecule has 0 spiro atoms. The number of halogens is 3. The summed E-state index contributed by atoms with van der Waals surface area (Å²) >= 11 is 12.6. The molecule has 0 aliphatic carbocycles. The van der Waals surface area contributed by atoms with Gasteiger partial charge in [0.2, 0.25) is 0 Å². The Bertz CT molecular complexity index is 412. The molecule has 1 amide bonds. The van der Waals surface area contributed by atoms with Gasteiger partial charge in [0.25, 0.3) is 5.91 Å². The van der Waals surface area contributed by atoms with Crippen LogP contribution >= 0.6 is 43.5 Å². The summed E-state index contributed by atoms with van der Waals surface area (Å²) in [4.78, 5) is 11.9. The summed E-state index contributed by atoms with van der Waals surface area (Å²) < 4.78 is 0.723. The lowest BCUT2D eigenvalue weighted by Crippen LogP contribution is -2.25. The zero-order valence-corrected chi connectivity index (χ0v) is 14.1. The summed E-state index contributed by atoms with van der Waals surface area (Å²) in [5.41, 5.74) is 0.618. The molecule has 0 fully saturated rings. The standard InChI is InChI=1S/C13H16Br2ClNO/c1-9(8-14)3-2-6-17-13(18)11-5-4-10(16)7-12(11)15/h4-5,7,9H,2-3,6,8H2,1H3,(H,17,18). The number of rotatable bonds is 6. The molecule has 0 saturated carbocycles. The molecule has 0 aromatic heterocycles. The van der Waals surface area contributed by atoms with Crippen LogP contribution in [0.2, 0.25) is 5.02 Å². The van der Waals surface area contributed by atoms with E-state index in [1.54, 1.807) is 18.2 Å². The number of benzene rings is 1. The summed E-state index contributed by atoms with van der Waals surface area (Å²) in [6, 6.07) is 5.17. The fourth-order valence-corrected chi connectivity index (χ4v) is 2.68. The number of hydrogen-bond donors (Lipinski definition) is 1. The lowest BCUT2D eigenvalue weighted by Gasteiger charge is -2.09. The second-order valence-corrected chi connectivity index (χ2v) is 6.22. The Morgan fingerprint density at radius 2 is 2.22 bits per heavy atom. The van der Waals surface area contributed by atoms with Crippen molar-refractivity contribution in [2.45, 2.75) is 19.8 Å². The topological polar surface area (TPSA) is 29.1 Å². The normalized spacial score (nSPS) is 12.2. The van der Waals surface area contributed by atoms with Gasteiger partial charge in [0.05, 0.1) is 5.56 Å². The fourth-order valence-electron chi connectivity index (χ4n) is 1.50. The maximum absolute atomic E-state index is 11.9. The summed E-state index contributed by atoms with van der Waals surface area (Å²) in [5, 5.41) is 4.53. The molecular weight excluding hydrogens is 381 g/mol. The smallest absolute Gasteiger partial charge is 0.252 e. The molecule has 18 heavy (non-hydrogen) atoms. The lowest BCUT2D eigenvalue weighted by atomic mass is 10.1. The highest BCUT2D eigenvalue weighted by Gasteiger charge is 2.09. The molecule has 0 saturated heterocycles. The van der Waals surface area contributed by atoms with E-state index in [1.165, 1.54) is 0 Å². The first-order chi connectivity index (χ1) is 8.54. The molecule has 1 N–H and O–H groups in total. The average molecular weight is 398 g/mol. The van der Waals surface area contributed by atoms with Gasteiger partial charge in [0.15, 0.2) is 0 Å². The molecule has 0 aliphatic heterocycles. The van der Waals surface area contributed by atoms with Crippen molar-refractivity contribution in [1.29, 1.82) is 0 Å². The van der Waals surface area contributed by atoms with Crippen LogP contribution in [0.1, 0.15) is 30.1 Å². The first-order valence-corrected chi connectivity index (χ1v) is 8.13. The molecule has 1 aromatic carbocycles. The molecule has 100 valence electrons. The third-order valence-corrected chi connectivity index (χ3v) is 4.59. The van der Waals surface area contributed by atoms with Crippen LogP contribution in [-0.2, 0) is 0 Å². The molecule has 0 heterocycles. The number of hydrogen-bond acceptors (Lipinski definition) is 1. The van der Waals surface area contributed by atoms with Gasteiger partial charge in [-0.1, -0.05) is 34.5 Å². The van der Waals surface area contributed by atoms with Crippen molar-refractivity contribution < 1.29 is 4.79 Å². The van der Waals surface area contributed by atoms with E-state index in [0.29, 0.717) is 23.0 Å². The van der Waals surface area contributed by atoms with Gasteiger partial charge < -0.3 is 5.32 Å². The molecule has 5 heteroatoms. The largest absolute Gasteiger partial charge is 0.352 e. The van der Waals surface area contributed by atoms with E-state index in [4.69, 9.17) is 11.6 Å². The summed E-state index contributed by atoms with van der Waals surface area (Å²) in [5.74, 6) is 0.578. The van der Waals surface area contributed by atoms with Crippen molar-refractivity contribution in [2.75, 3.05) is 11.9 Å². The quantitative estimate of drug-likeness (QED) is 0.550. The number of amides is 1. The number of alkyl halides is 1. The maximum Gasteiger partial charge on any atom is 0.252 e. The van der Waals surface area contributed by atoms with E-state index < -0.39 is 0 Å². The Morgan fingerprint density at radius 1 is 1.50 bits per heavy atom. The Kier molecular flexibility index (Phi) is 7.27. The summed E-state index contributed by atoms with van der Waals surface area (Å²) in [7, 11) is 0. The predicted molar refractivity (Wildman–Crippen MR) is 83.7 cm³/mol. The van der Waals surface area contributed by atoms with E-state index in [9.17, 15) is 4.79 Å². The van der Waals surface area contributed by atoms with Crippen molar-refractivity contribution in [1.82, 2.24) is 5.32 Å². The molecular formula is C13H16Br2ClNO.